The molecule has 0 aromatic heterocycles. The van der Waals surface area contributed by atoms with Crippen molar-refractivity contribution in [1.29, 1.82) is 0 Å². The van der Waals surface area contributed by atoms with E-state index in [1.54, 1.807) is 24.1 Å². The highest BCUT2D eigenvalue weighted by Crippen LogP contribution is 2.33. The van der Waals surface area contributed by atoms with Crippen LogP contribution in [0.1, 0.15) is 48.9 Å². The summed E-state index contributed by atoms with van der Waals surface area (Å²) in [6, 6.07) is 5.34. The number of nitrogens with zero attached hydrogens (tertiary/aromatic N) is 1. The van der Waals surface area contributed by atoms with Crippen LogP contribution in [0.15, 0.2) is 18.2 Å². The van der Waals surface area contributed by atoms with Crippen LogP contribution in [0.2, 0.25) is 0 Å². The minimum absolute atomic E-state index is 0.0604. The predicted octanol–water partition coefficient (Wildman–Crippen LogP) is 2.42. The Morgan fingerprint density at radius 2 is 1.93 bits per heavy atom. The Bertz CT molecular complexity index is 790. The van der Waals surface area contributed by atoms with Crippen LogP contribution >= 0.6 is 0 Å². The molecule has 28 heavy (non-hydrogen) atoms. The molecule has 1 amide bonds. The van der Waals surface area contributed by atoms with Crippen LogP contribution < -0.4 is 14.2 Å². The van der Waals surface area contributed by atoms with Crippen molar-refractivity contribution in [2.24, 2.45) is 5.92 Å². The first-order chi connectivity index (χ1) is 13.4. The largest absolute Gasteiger partial charge is 0.493 e. The van der Waals surface area contributed by atoms with Crippen molar-refractivity contribution in [1.82, 2.24) is 9.62 Å². The molecule has 1 atom stereocenters. The molecule has 1 aliphatic heterocycles. The van der Waals surface area contributed by atoms with Gasteiger partial charge in [-0.05, 0) is 62.6 Å². The van der Waals surface area contributed by atoms with Gasteiger partial charge in [-0.2, -0.15) is 0 Å². The van der Waals surface area contributed by atoms with Gasteiger partial charge >= 0.3 is 0 Å². The molecule has 1 heterocycles. The second-order valence-corrected chi connectivity index (χ2v) is 9.60. The maximum absolute atomic E-state index is 13.0. The number of hydrogen-bond acceptors (Lipinski definition) is 5. The minimum Gasteiger partial charge on any atom is -0.493 e. The van der Waals surface area contributed by atoms with Crippen LogP contribution in [0.4, 0.5) is 0 Å². The SMILES string of the molecule is COc1cc(C(=O)N2CCCC(CNS(C)(=O)=O)C2)ccc1OC1CCCC1. The molecular formula is C20H30N2O5S. The number of piperidine rings is 1. The molecule has 0 bridgehead atoms. The van der Waals surface area contributed by atoms with Gasteiger partial charge in [0.05, 0.1) is 19.5 Å². The summed E-state index contributed by atoms with van der Waals surface area (Å²) in [5.74, 6) is 1.32. The van der Waals surface area contributed by atoms with E-state index < -0.39 is 10.0 Å². The van der Waals surface area contributed by atoms with Crippen LogP contribution in [0, 0.1) is 5.92 Å². The van der Waals surface area contributed by atoms with E-state index in [2.05, 4.69) is 4.72 Å². The molecule has 3 rings (SSSR count). The highest BCUT2D eigenvalue weighted by atomic mass is 32.2. The number of carbonyl (C=O) groups excluding carboxylic acids is 1. The van der Waals surface area contributed by atoms with Gasteiger partial charge < -0.3 is 14.4 Å². The molecule has 0 spiro atoms. The molecule has 156 valence electrons. The Balaban J connectivity index is 1.65. The molecule has 1 unspecified atom stereocenters. The van der Waals surface area contributed by atoms with Gasteiger partial charge in [0.25, 0.3) is 5.91 Å². The fourth-order valence-electron chi connectivity index (χ4n) is 3.95. The Hall–Kier alpha value is -1.80. The molecule has 2 fully saturated rings. The molecule has 1 aromatic carbocycles. The summed E-state index contributed by atoms with van der Waals surface area (Å²) in [4.78, 5) is 14.8. The molecule has 2 aliphatic rings. The molecular weight excluding hydrogens is 380 g/mol. The lowest BCUT2D eigenvalue weighted by molar-refractivity contribution is 0.0676. The third-order valence-corrected chi connectivity index (χ3v) is 6.14. The van der Waals surface area contributed by atoms with Crippen molar-refractivity contribution in [3.63, 3.8) is 0 Å². The summed E-state index contributed by atoms with van der Waals surface area (Å²) in [7, 11) is -1.64. The number of hydrogen-bond donors (Lipinski definition) is 1. The van der Waals surface area contributed by atoms with Crippen molar-refractivity contribution in [2.45, 2.75) is 44.6 Å². The Morgan fingerprint density at radius 3 is 2.61 bits per heavy atom. The topological polar surface area (TPSA) is 84.9 Å². The number of sulfonamides is 1. The molecule has 1 aromatic rings. The van der Waals surface area contributed by atoms with Gasteiger partial charge in [-0.15, -0.1) is 0 Å². The van der Waals surface area contributed by atoms with Gasteiger partial charge in [-0.25, -0.2) is 13.1 Å². The molecule has 1 saturated heterocycles. The van der Waals surface area contributed by atoms with E-state index >= 15 is 0 Å². The Morgan fingerprint density at radius 1 is 1.18 bits per heavy atom. The van der Waals surface area contributed by atoms with E-state index in [1.165, 1.54) is 12.8 Å². The van der Waals surface area contributed by atoms with Gasteiger partial charge in [0.1, 0.15) is 0 Å². The maximum Gasteiger partial charge on any atom is 0.254 e. The van der Waals surface area contributed by atoms with Gasteiger partial charge in [-0.3, -0.25) is 4.79 Å². The maximum atomic E-state index is 13.0. The Kier molecular flexibility index (Phi) is 6.82. The van der Waals surface area contributed by atoms with E-state index in [4.69, 9.17) is 9.47 Å². The summed E-state index contributed by atoms with van der Waals surface area (Å²) in [5, 5.41) is 0. The first-order valence-corrected chi connectivity index (χ1v) is 11.8. The van der Waals surface area contributed by atoms with Crippen molar-refractivity contribution in [2.75, 3.05) is 33.0 Å². The summed E-state index contributed by atoms with van der Waals surface area (Å²) < 4.78 is 36.7. The van der Waals surface area contributed by atoms with Gasteiger partial charge in [0.2, 0.25) is 10.0 Å². The highest BCUT2D eigenvalue weighted by Gasteiger charge is 2.26. The van der Waals surface area contributed by atoms with Crippen molar-refractivity contribution >= 4 is 15.9 Å². The van der Waals surface area contributed by atoms with E-state index in [9.17, 15) is 13.2 Å². The highest BCUT2D eigenvalue weighted by molar-refractivity contribution is 7.88. The van der Waals surface area contributed by atoms with Crippen molar-refractivity contribution in [3.05, 3.63) is 23.8 Å². The summed E-state index contributed by atoms with van der Waals surface area (Å²) in [6.45, 7) is 1.58. The quantitative estimate of drug-likeness (QED) is 0.746. The molecule has 7 nitrogen and oxygen atoms in total. The van der Waals surface area contributed by atoms with Crippen LogP contribution in [0.5, 0.6) is 11.5 Å². The van der Waals surface area contributed by atoms with Crippen molar-refractivity contribution in [3.8, 4) is 11.5 Å². The number of likely N-dealkylation sites (tertiary alicyclic amines) is 1. The first kappa shape index (κ1) is 20.9. The first-order valence-electron chi connectivity index (χ1n) is 9.94. The molecule has 1 saturated carbocycles. The minimum atomic E-state index is -3.22. The third-order valence-electron chi connectivity index (χ3n) is 5.45. The number of rotatable bonds is 7. The lowest BCUT2D eigenvalue weighted by atomic mass is 9.97. The normalized spacial score (nSPS) is 20.9. The lowest BCUT2D eigenvalue weighted by Gasteiger charge is -2.33. The number of benzene rings is 1. The summed E-state index contributed by atoms with van der Waals surface area (Å²) in [6.07, 6.45) is 7.63. The number of nitrogens with one attached hydrogen (secondary N) is 1. The number of ether oxygens (including phenoxy) is 2. The van der Waals surface area contributed by atoms with Crippen LogP contribution in [-0.2, 0) is 10.0 Å². The average molecular weight is 411 g/mol. The van der Waals surface area contributed by atoms with E-state index in [0.29, 0.717) is 36.7 Å². The van der Waals surface area contributed by atoms with E-state index in [0.717, 1.165) is 31.9 Å². The smallest absolute Gasteiger partial charge is 0.254 e. The molecule has 0 radical (unpaired) electrons. The van der Waals surface area contributed by atoms with Crippen LogP contribution in [0.25, 0.3) is 0 Å². The van der Waals surface area contributed by atoms with Gasteiger partial charge in [-0.1, -0.05) is 0 Å². The number of carbonyl (C=O) groups is 1. The average Bonchev–Trinajstić information content (AvgIpc) is 3.19. The predicted molar refractivity (Wildman–Crippen MR) is 107 cm³/mol. The second-order valence-electron chi connectivity index (χ2n) is 7.77. The molecule has 1 N–H and O–H groups in total. The second kappa shape index (κ2) is 9.13. The zero-order chi connectivity index (χ0) is 20.1. The fourth-order valence-corrected chi connectivity index (χ4v) is 4.49. The van der Waals surface area contributed by atoms with Gasteiger partial charge in [0.15, 0.2) is 11.5 Å². The van der Waals surface area contributed by atoms with E-state index in [-0.39, 0.29) is 17.9 Å². The monoisotopic (exact) mass is 410 g/mol. The number of methoxy groups -OCH3 is 1. The zero-order valence-electron chi connectivity index (χ0n) is 16.6. The Labute approximate surface area is 167 Å². The van der Waals surface area contributed by atoms with Crippen molar-refractivity contribution < 1.29 is 22.7 Å². The molecule has 1 aliphatic carbocycles. The van der Waals surface area contributed by atoms with Crippen LogP contribution in [-0.4, -0.2) is 58.3 Å². The summed E-state index contributed by atoms with van der Waals surface area (Å²) in [5.41, 5.74) is 0.562. The van der Waals surface area contributed by atoms with Gasteiger partial charge in [0, 0.05) is 25.2 Å². The fraction of sp³-hybridized carbons (Fsp3) is 0.650. The molecule has 8 heteroatoms. The summed E-state index contributed by atoms with van der Waals surface area (Å²) >= 11 is 0. The zero-order valence-corrected chi connectivity index (χ0v) is 17.5. The van der Waals surface area contributed by atoms with Crippen LogP contribution in [0.3, 0.4) is 0 Å². The standard InChI is InChI=1S/C20H30N2O5S/c1-26-19-12-16(9-10-18(19)27-17-7-3-4-8-17)20(23)22-11-5-6-15(14-22)13-21-28(2,24)25/h9-10,12,15,17,21H,3-8,11,13-14H2,1-2H3. The third kappa shape index (κ3) is 5.61. The number of amides is 1. The van der Waals surface area contributed by atoms with E-state index in [1.807, 2.05) is 6.07 Å². The lowest BCUT2D eigenvalue weighted by Crippen LogP contribution is -2.43.